The molecule has 1 saturated carbocycles. The lowest BCUT2D eigenvalue weighted by molar-refractivity contribution is 0.618. The molecule has 0 atom stereocenters. The van der Waals surface area contributed by atoms with Gasteiger partial charge in [-0.25, -0.2) is 9.97 Å². The van der Waals surface area contributed by atoms with Gasteiger partial charge in [-0.15, -0.1) is 11.3 Å². The molecule has 0 amide bonds. The van der Waals surface area contributed by atoms with Crippen LogP contribution >= 0.6 is 11.3 Å². The van der Waals surface area contributed by atoms with Crippen LogP contribution < -0.4 is 10.6 Å². The first-order valence-corrected chi connectivity index (χ1v) is 10.3. The van der Waals surface area contributed by atoms with Crippen molar-refractivity contribution >= 4 is 50.2 Å². The quantitative estimate of drug-likeness (QED) is 0.439. The Bertz CT molecular complexity index is 1060. The molecule has 3 N–H and O–H groups in total. The van der Waals surface area contributed by atoms with Crippen LogP contribution in [0.2, 0.25) is 0 Å². The molecule has 3 aromatic heterocycles. The summed E-state index contributed by atoms with van der Waals surface area (Å²) in [5, 5.41) is 6.93. The molecule has 5 rings (SSSR count). The number of aromatic amines is 1. The van der Waals surface area contributed by atoms with E-state index in [2.05, 4.69) is 36.6 Å². The van der Waals surface area contributed by atoms with Gasteiger partial charge >= 0.3 is 0 Å². The van der Waals surface area contributed by atoms with Crippen LogP contribution in [0.15, 0.2) is 30.0 Å². The summed E-state index contributed by atoms with van der Waals surface area (Å²) in [6.45, 7) is 0. The largest absolute Gasteiger partial charge is 0.365 e. The molecular weight excluding hydrogens is 358 g/mol. The van der Waals surface area contributed by atoms with Crippen molar-refractivity contribution in [1.82, 2.24) is 24.9 Å². The smallest absolute Gasteiger partial charge is 0.231 e. The standard InChI is InChI=1S/C19H21N7S/c1-2-4-6-12(5-3-1)23-18-16-17(21-10-20-16)25-19(26-18)24-13-7-8-15-14(9-13)22-11-27-15/h7-12H,1-6H2,(H3,20,21,23,24,25,26). The van der Waals surface area contributed by atoms with Gasteiger partial charge in [-0.1, -0.05) is 25.7 Å². The van der Waals surface area contributed by atoms with Crippen molar-refractivity contribution in [2.24, 2.45) is 0 Å². The van der Waals surface area contributed by atoms with Gasteiger partial charge in [0.05, 0.1) is 22.1 Å². The molecule has 1 aromatic carbocycles. The van der Waals surface area contributed by atoms with E-state index < -0.39 is 0 Å². The molecule has 0 unspecified atom stereocenters. The predicted octanol–water partition coefficient (Wildman–Crippen LogP) is 4.84. The minimum atomic E-state index is 0.452. The summed E-state index contributed by atoms with van der Waals surface area (Å²) in [5.41, 5.74) is 5.28. The highest BCUT2D eigenvalue weighted by Gasteiger charge is 2.16. The Labute approximate surface area is 160 Å². The van der Waals surface area contributed by atoms with E-state index in [9.17, 15) is 0 Å². The maximum atomic E-state index is 4.74. The number of benzene rings is 1. The second-order valence-corrected chi connectivity index (χ2v) is 7.88. The Morgan fingerprint density at radius 1 is 1.04 bits per heavy atom. The number of rotatable bonds is 4. The molecule has 0 radical (unpaired) electrons. The van der Waals surface area contributed by atoms with Crippen LogP contribution in [0.4, 0.5) is 17.5 Å². The van der Waals surface area contributed by atoms with Crippen molar-refractivity contribution in [1.29, 1.82) is 0 Å². The molecule has 0 aliphatic heterocycles. The van der Waals surface area contributed by atoms with E-state index >= 15 is 0 Å². The lowest BCUT2D eigenvalue weighted by Crippen LogP contribution is -2.19. The van der Waals surface area contributed by atoms with Gasteiger partial charge in [-0.3, -0.25) is 0 Å². The fourth-order valence-corrected chi connectivity index (χ4v) is 4.33. The average molecular weight is 379 g/mol. The summed E-state index contributed by atoms with van der Waals surface area (Å²) < 4.78 is 1.17. The van der Waals surface area contributed by atoms with Gasteiger partial charge in [0.15, 0.2) is 11.5 Å². The highest BCUT2D eigenvalue weighted by Crippen LogP contribution is 2.27. The van der Waals surface area contributed by atoms with Crippen molar-refractivity contribution in [2.45, 2.75) is 44.6 Å². The fraction of sp³-hybridized carbons (Fsp3) is 0.368. The first-order chi connectivity index (χ1) is 13.3. The first kappa shape index (κ1) is 16.4. The Balaban J connectivity index is 1.45. The van der Waals surface area contributed by atoms with Crippen LogP contribution in [-0.4, -0.2) is 31.0 Å². The van der Waals surface area contributed by atoms with Gasteiger partial charge in [0.1, 0.15) is 5.52 Å². The van der Waals surface area contributed by atoms with E-state index in [0.717, 1.165) is 22.5 Å². The number of fused-ring (bicyclic) bond motifs is 2. The summed E-state index contributed by atoms with van der Waals surface area (Å²) in [6.07, 6.45) is 9.23. The maximum absolute atomic E-state index is 4.74. The Morgan fingerprint density at radius 2 is 1.93 bits per heavy atom. The van der Waals surface area contributed by atoms with Crippen LogP contribution in [0.25, 0.3) is 21.4 Å². The van der Waals surface area contributed by atoms with E-state index in [1.165, 1.54) is 43.2 Å². The zero-order chi connectivity index (χ0) is 18.1. The Kier molecular flexibility index (Phi) is 4.33. The first-order valence-electron chi connectivity index (χ1n) is 9.43. The number of imidazole rings is 1. The molecule has 7 nitrogen and oxygen atoms in total. The monoisotopic (exact) mass is 379 g/mol. The lowest BCUT2D eigenvalue weighted by Gasteiger charge is -2.17. The number of aromatic nitrogens is 5. The van der Waals surface area contributed by atoms with E-state index in [4.69, 9.17) is 4.98 Å². The van der Waals surface area contributed by atoms with Gasteiger partial charge in [0.2, 0.25) is 5.95 Å². The van der Waals surface area contributed by atoms with Crippen molar-refractivity contribution < 1.29 is 0 Å². The molecule has 3 heterocycles. The molecule has 1 fully saturated rings. The molecule has 0 bridgehead atoms. The molecule has 0 saturated heterocycles. The number of hydrogen-bond acceptors (Lipinski definition) is 7. The van der Waals surface area contributed by atoms with Gasteiger partial charge < -0.3 is 15.6 Å². The number of H-pyrrole nitrogens is 1. The van der Waals surface area contributed by atoms with Crippen molar-refractivity contribution in [3.8, 4) is 0 Å². The third kappa shape index (κ3) is 3.44. The second kappa shape index (κ2) is 7.11. The molecule has 138 valence electrons. The Hall–Kier alpha value is -2.74. The Morgan fingerprint density at radius 3 is 2.81 bits per heavy atom. The van der Waals surface area contributed by atoms with Crippen LogP contribution in [-0.2, 0) is 0 Å². The van der Waals surface area contributed by atoms with Gasteiger partial charge in [0, 0.05) is 11.7 Å². The second-order valence-electron chi connectivity index (χ2n) is 6.99. The fourth-order valence-electron chi connectivity index (χ4n) is 3.68. The zero-order valence-corrected chi connectivity index (χ0v) is 15.7. The van der Waals surface area contributed by atoms with E-state index in [1.807, 2.05) is 17.6 Å². The summed E-state index contributed by atoms with van der Waals surface area (Å²) >= 11 is 1.63. The molecule has 8 heteroatoms. The van der Waals surface area contributed by atoms with Crippen molar-refractivity contribution in [3.05, 3.63) is 30.0 Å². The third-order valence-electron chi connectivity index (χ3n) is 5.07. The van der Waals surface area contributed by atoms with Gasteiger partial charge in [0.25, 0.3) is 0 Å². The lowest BCUT2D eigenvalue weighted by atomic mass is 10.1. The number of anilines is 3. The number of nitrogens with zero attached hydrogens (tertiary/aromatic N) is 4. The van der Waals surface area contributed by atoms with E-state index in [1.54, 1.807) is 17.7 Å². The number of thiazole rings is 1. The highest BCUT2D eigenvalue weighted by molar-refractivity contribution is 7.16. The minimum Gasteiger partial charge on any atom is -0.365 e. The van der Waals surface area contributed by atoms with Crippen LogP contribution in [0.3, 0.4) is 0 Å². The summed E-state index contributed by atoms with van der Waals surface area (Å²) in [5.74, 6) is 1.36. The van der Waals surface area contributed by atoms with Gasteiger partial charge in [-0.2, -0.15) is 9.97 Å². The normalized spacial score (nSPS) is 15.9. The SMILES string of the molecule is c1nc2nc(Nc3ccc4scnc4c3)nc(NC3CCCCCC3)c2[nH]1. The maximum Gasteiger partial charge on any atom is 0.231 e. The molecule has 1 aliphatic carbocycles. The number of hydrogen-bond donors (Lipinski definition) is 3. The third-order valence-corrected chi connectivity index (χ3v) is 5.88. The number of nitrogens with one attached hydrogen (secondary N) is 3. The van der Waals surface area contributed by atoms with Crippen molar-refractivity contribution in [3.63, 3.8) is 0 Å². The molecular formula is C19H21N7S. The van der Waals surface area contributed by atoms with E-state index in [-0.39, 0.29) is 0 Å². The zero-order valence-electron chi connectivity index (χ0n) is 14.9. The van der Waals surface area contributed by atoms with Crippen molar-refractivity contribution in [2.75, 3.05) is 10.6 Å². The van der Waals surface area contributed by atoms with Crippen LogP contribution in [0.1, 0.15) is 38.5 Å². The van der Waals surface area contributed by atoms with Crippen LogP contribution in [0, 0.1) is 0 Å². The topological polar surface area (TPSA) is 91.4 Å². The van der Waals surface area contributed by atoms with Crippen LogP contribution in [0.5, 0.6) is 0 Å². The molecule has 27 heavy (non-hydrogen) atoms. The summed E-state index contributed by atoms with van der Waals surface area (Å²) in [6, 6.07) is 6.56. The minimum absolute atomic E-state index is 0.452. The van der Waals surface area contributed by atoms with E-state index in [0.29, 0.717) is 17.6 Å². The predicted molar refractivity (Wildman–Crippen MR) is 110 cm³/mol. The average Bonchev–Trinajstić information content (AvgIpc) is 3.26. The summed E-state index contributed by atoms with van der Waals surface area (Å²) in [7, 11) is 0. The highest BCUT2D eigenvalue weighted by atomic mass is 32.1. The molecule has 4 aromatic rings. The molecule has 0 spiro atoms. The molecule has 1 aliphatic rings. The van der Waals surface area contributed by atoms with Gasteiger partial charge in [-0.05, 0) is 31.0 Å². The summed E-state index contributed by atoms with van der Waals surface area (Å²) in [4.78, 5) is 21.2.